The lowest BCUT2D eigenvalue weighted by atomic mass is 10.3. The lowest BCUT2D eigenvalue weighted by Gasteiger charge is -1.83. The van der Waals surface area contributed by atoms with Crippen LogP contribution in [-0.2, 0) is 0 Å². The van der Waals surface area contributed by atoms with E-state index in [2.05, 4.69) is 4.99 Å². The highest BCUT2D eigenvalue weighted by Crippen LogP contribution is 1.92. The number of aliphatic imine (C=N–C) groups is 1. The van der Waals surface area contributed by atoms with Gasteiger partial charge in [-0.3, -0.25) is 4.99 Å². The van der Waals surface area contributed by atoms with Gasteiger partial charge in [0.2, 0.25) is 0 Å². The predicted molar refractivity (Wildman–Crippen MR) is 43.3 cm³/mol. The number of alkyl halides is 1. The van der Waals surface area contributed by atoms with E-state index in [-0.39, 0.29) is 0 Å². The molecule has 0 spiro atoms. The summed E-state index contributed by atoms with van der Waals surface area (Å²) in [6.07, 6.45) is 7.64. The van der Waals surface area contributed by atoms with Crippen LogP contribution >= 0.6 is 11.6 Å². The fraction of sp³-hybridized carbons (Fsp3) is 0.571. The second-order valence-corrected chi connectivity index (χ2v) is 2.00. The van der Waals surface area contributed by atoms with Crippen molar-refractivity contribution in [3.05, 3.63) is 12.3 Å². The van der Waals surface area contributed by atoms with Gasteiger partial charge in [0.25, 0.3) is 0 Å². The van der Waals surface area contributed by atoms with Crippen LogP contribution in [0.15, 0.2) is 17.3 Å². The van der Waals surface area contributed by atoms with Crippen LogP contribution in [-0.4, -0.2) is 12.1 Å². The average Bonchev–Trinajstić information content (AvgIpc) is 1.89. The average molecular weight is 146 g/mol. The third kappa shape index (κ3) is 7.70. The van der Waals surface area contributed by atoms with Crippen molar-refractivity contribution in [2.24, 2.45) is 4.99 Å². The zero-order chi connectivity index (χ0) is 6.95. The largest absolute Gasteiger partial charge is 0.270 e. The van der Waals surface area contributed by atoms with E-state index in [0.717, 1.165) is 18.7 Å². The number of unbranched alkanes of at least 4 members (excludes halogenated alkanes) is 1. The number of rotatable bonds is 4. The Morgan fingerprint density at radius 1 is 1.56 bits per heavy atom. The molecule has 52 valence electrons. The van der Waals surface area contributed by atoms with E-state index < -0.39 is 0 Å². The fourth-order valence-electron chi connectivity index (χ4n) is 0.416. The van der Waals surface area contributed by atoms with E-state index in [1.165, 1.54) is 0 Å². The number of allylic oxidation sites excluding steroid dienone is 1. The molecular formula is C7H12ClN. The molecule has 0 rings (SSSR count). The number of halogens is 1. The summed E-state index contributed by atoms with van der Waals surface area (Å²) in [5.41, 5.74) is 0. The fourth-order valence-corrected chi connectivity index (χ4v) is 0.571. The first kappa shape index (κ1) is 8.70. The maximum Gasteiger partial charge on any atom is 0.0226 e. The van der Waals surface area contributed by atoms with Gasteiger partial charge < -0.3 is 0 Å². The summed E-state index contributed by atoms with van der Waals surface area (Å²) in [6, 6.07) is 0. The molecule has 0 atom stereocenters. The minimum Gasteiger partial charge on any atom is -0.270 e. The summed E-state index contributed by atoms with van der Waals surface area (Å²) >= 11 is 5.44. The highest BCUT2D eigenvalue weighted by molar-refractivity contribution is 6.17. The monoisotopic (exact) mass is 145 g/mol. The molecule has 0 amide bonds. The molecule has 0 saturated carbocycles. The van der Waals surface area contributed by atoms with Gasteiger partial charge in [-0.2, -0.15) is 0 Å². The van der Waals surface area contributed by atoms with Gasteiger partial charge in [-0.05, 0) is 19.8 Å². The Hall–Kier alpha value is -0.300. The Morgan fingerprint density at radius 2 is 2.33 bits per heavy atom. The molecule has 9 heavy (non-hydrogen) atoms. The van der Waals surface area contributed by atoms with Gasteiger partial charge in [0.05, 0.1) is 0 Å². The van der Waals surface area contributed by atoms with E-state index in [1.54, 1.807) is 12.4 Å². The summed E-state index contributed by atoms with van der Waals surface area (Å²) in [5, 5.41) is 0. The first-order valence-corrected chi connectivity index (χ1v) is 3.64. The summed E-state index contributed by atoms with van der Waals surface area (Å²) in [4.78, 5) is 3.89. The van der Waals surface area contributed by atoms with Crippen LogP contribution in [0, 0.1) is 0 Å². The van der Waals surface area contributed by atoms with E-state index in [4.69, 9.17) is 11.6 Å². The summed E-state index contributed by atoms with van der Waals surface area (Å²) in [6.45, 7) is 1.89. The SMILES string of the molecule is CC=N/C=C\CCCCl. The smallest absolute Gasteiger partial charge is 0.0226 e. The van der Waals surface area contributed by atoms with Crippen molar-refractivity contribution in [2.45, 2.75) is 19.8 Å². The van der Waals surface area contributed by atoms with Gasteiger partial charge in [-0.15, -0.1) is 11.6 Å². The maximum absolute atomic E-state index is 5.44. The van der Waals surface area contributed by atoms with Crippen molar-refractivity contribution in [1.82, 2.24) is 0 Å². The van der Waals surface area contributed by atoms with Gasteiger partial charge in [-0.25, -0.2) is 0 Å². The summed E-state index contributed by atoms with van der Waals surface area (Å²) < 4.78 is 0. The molecule has 1 nitrogen and oxygen atoms in total. The molecule has 0 unspecified atom stereocenters. The molecule has 2 heteroatoms. The molecule has 0 fully saturated rings. The first-order chi connectivity index (χ1) is 4.41. The van der Waals surface area contributed by atoms with Gasteiger partial charge >= 0.3 is 0 Å². The minimum atomic E-state index is 0.736. The first-order valence-electron chi connectivity index (χ1n) is 3.10. The van der Waals surface area contributed by atoms with Crippen molar-refractivity contribution in [3.63, 3.8) is 0 Å². The summed E-state index contributed by atoms with van der Waals surface area (Å²) in [7, 11) is 0. The number of hydrogen-bond acceptors (Lipinski definition) is 1. The normalized spacial score (nSPS) is 11.8. The molecular weight excluding hydrogens is 134 g/mol. The number of hydrogen-bond donors (Lipinski definition) is 0. The van der Waals surface area contributed by atoms with Crippen molar-refractivity contribution in [3.8, 4) is 0 Å². The van der Waals surface area contributed by atoms with Crippen LogP contribution in [0.5, 0.6) is 0 Å². The van der Waals surface area contributed by atoms with Crippen molar-refractivity contribution >= 4 is 17.8 Å². The Bertz CT molecular complexity index is 97.1. The molecule has 0 aromatic heterocycles. The van der Waals surface area contributed by atoms with Crippen LogP contribution in [0.25, 0.3) is 0 Å². The molecule has 0 radical (unpaired) electrons. The lowest BCUT2D eigenvalue weighted by Crippen LogP contribution is -1.69. The quantitative estimate of drug-likeness (QED) is 0.328. The molecule has 0 bridgehead atoms. The molecule has 0 aliphatic carbocycles. The topological polar surface area (TPSA) is 12.4 Å². The molecule has 0 aliphatic heterocycles. The summed E-state index contributed by atoms with van der Waals surface area (Å²) in [5.74, 6) is 0.736. The van der Waals surface area contributed by atoms with Crippen molar-refractivity contribution < 1.29 is 0 Å². The van der Waals surface area contributed by atoms with Gasteiger partial charge in [0.1, 0.15) is 0 Å². The van der Waals surface area contributed by atoms with E-state index in [1.807, 2.05) is 13.0 Å². The molecule has 0 saturated heterocycles. The van der Waals surface area contributed by atoms with Crippen LogP contribution in [0.3, 0.4) is 0 Å². The van der Waals surface area contributed by atoms with Crippen LogP contribution in [0.4, 0.5) is 0 Å². The molecule has 0 aliphatic rings. The van der Waals surface area contributed by atoms with Crippen LogP contribution < -0.4 is 0 Å². The van der Waals surface area contributed by atoms with Crippen LogP contribution in [0.1, 0.15) is 19.8 Å². The molecule has 0 aromatic carbocycles. The Morgan fingerprint density at radius 3 is 2.89 bits per heavy atom. The van der Waals surface area contributed by atoms with Crippen LogP contribution in [0.2, 0.25) is 0 Å². The maximum atomic E-state index is 5.44. The Balaban J connectivity index is 3.04. The molecule has 0 heterocycles. The zero-order valence-corrected chi connectivity index (χ0v) is 6.43. The minimum absolute atomic E-state index is 0.736. The van der Waals surface area contributed by atoms with Gasteiger partial charge in [0.15, 0.2) is 0 Å². The molecule has 0 aromatic rings. The number of nitrogens with zero attached hydrogens (tertiary/aromatic N) is 1. The standard InChI is InChI=1S/C7H12ClN/c1-2-9-7-5-3-4-6-8/h2,5,7H,3-4,6H2,1H3/b7-5-,9-2?. The lowest BCUT2D eigenvalue weighted by molar-refractivity contribution is 0.964. The highest BCUT2D eigenvalue weighted by Gasteiger charge is 1.76. The van der Waals surface area contributed by atoms with E-state index >= 15 is 0 Å². The van der Waals surface area contributed by atoms with Crippen molar-refractivity contribution in [1.29, 1.82) is 0 Å². The van der Waals surface area contributed by atoms with E-state index in [9.17, 15) is 0 Å². The van der Waals surface area contributed by atoms with Gasteiger partial charge in [-0.1, -0.05) is 6.08 Å². The Labute approximate surface area is 61.4 Å². The zero-order valence-electron chi connectivity index (χ0n) is 5.68. The predicted octanol–water partition coefficient (Wildman–Crippen LogP) is 2.61. The second-order valence-electron chi connectivity index (χ2n) is 1.62. The highest BCUT2D eigenvalue weighted by atomic mass is 35.5. The third-order valence-electron chi connectivity index (χ3n) is 0.845. The van der Waals surface area contributed by atoms with Gasteiger partial charge in [0, 0.05) is 18.3 Å². The second kappa shape index (κ2) is 7.70. The van der Waals surface area contributed by atoms with Crippen molar-refractivity contribution in [2.75, 3.05) is 5.88 Å². The van der Waals surface area contributed by atoms with E-state index in [0.29, 0.717) is 0 Å². The third-order valence-corrected chi connectivity index (χ3v) is 1.11. The Kier molecular flexibility index (Phi) is 7.44. The molecule has 0 N–H and O–H groups in total.